The lowest BCUT2D eigenvalue weighted by Crippen LogP contribution is -2.28. The van der Waals surface area contributed by atoms with Crippen LogP contribution >= 0.6 is 0 Å². The Kier molecular flexibility index (Phi) is 4.21. The first-order valence-corrected chi connectivity index (χ1v) is 8.36. The third kappa shape index (κ3) is 4.04. The van der Waals surface area contributed by atoms with Crippen LogP contribution in [0.2, 0.25) is 0 Å². The van der Waals surface area contributed by atoms with Crippen molar-refractivity contribution >= 4 is 20.7 Å². The topological polar surface area (TPSA) is 66.1 Å². The van der Waals surface area contributed by atoms with E-state index in [0.29, 0.717) is 6.54 Å². The second kappa shape index (κ2) is 5.71. The van der Waals surface area contributed by atoms with Crippen molar-refractivity contribution in [3.63, 3.8) is 0 Å². The van der Waals surface area contributed by atoms with Crippen molar-refractivity contribution in [1.82, 2.24) is 15.1 Å². The van der Waals surface area contributed by atoms with Gasteiger partial charge in [0.05, 0.1) is 17.5 Å². The Morgan fingerprint density at radius 2 is 2.16 bits per heavy atom. The summed E-state index contributed by atoms with van der Waals surface area (Å²) >= 11 is 0. The van der Waals surface area contributed by atoms with Crippen molar-refractivity contribution in [2.24, 2.45) is 0 Å². The van der Waals surface area contributed by atoms with E-state index in [9.17, 15) is 8.42 Å². The number of hydrogen-bond acceptors (Lipinski definition) is 4. The molecule has 0 saturated heterocycles. The lowest BCUT2D eigenvalue weighted by atomic mass is 10.1. The summed E-state index contributed by atoms with van der Waals surface area (Å²) < 4.78 is 22.4. The van der Waals surface area contributed by atoms with Crippen LogP contribution in [0.3, 0.4) is 0 Å². The van der Waals surface area contributed by atoms with Gasteiger partial charge in [0, 0.05) is 24.7 Å². The highest BCUT2D eigenvalue weighted by Crippen LogP contribution is 2.14. The van der Waals surface area contributed by atoms with Gasteiger partial charge in [-0.15, -0.1) is 0 Å². The van der Waals surface area contributed by atoms with Crippen molar-refractivity contribution in [2.45, 2.75) is 13.5 Å². The summed E-state index contributed by atoms with van der Waals surface area (Å²) in [7, 11) is -2.91. The summed E-state index contributed by atoms with van der Waals surface area (Å²) in [4.78, 5) is 2.12. The highest BCUT2D eigenvalue weighted by Gasteiger charge is 2.09. The fourth-order valence-electron chi connectivity index (χ4n) is 1.98. The molecule has 1 N–H and O–H groups in total. The highest BCUT2D eigenvalue weighted by atomic mass is 32.2. The number of hydrogen-bond donors (Lipinski definition) is 1. The third-order valence-corrected chi connectivity index (χ3v) is 4.06. The predicted molar refractivity (Wildman–Crippen MR) is 76.8 cm³/mol. The molecule has 0 atom stereocenters. The largest absolute Gasteiger partial charge is 0.298 e. The summed E-state index contributed by atoms with van der Waals surface area (Å²) in [6.45, 7) is 4.19. The summed E-state index contributed by atoms with van der Waals surface area (Å²) in [6.07, 6.45) is 3.07. The van der Waals surface area contributed by atoms with Gasteiger partial charge in [-0.05, 0) is 18.2 Å². The van der Waals surface area contributed by atoms with E-state index >= 15 is 0 Å². The van der Waals surface area contributed by atoms with Crippen LogP contribution in [0.5, 0.6) is 0 Å². The quantitative estimate of drug-likeness (QED) is 0.870. The van der Waals surface area contributed by atoms with Gasteiger partial charge in [-0.2, -0.15) is 5.10 Å². The molecule has 5 nitrogen and oxygen atoms in total. The molecule has 0 radical (unpaired) electrons. The fourth-order valence-corrected chi connectivity index (χ4v) is 2.57. The molecule has 19 heavy (non-hydrogen) atoms. The number of benzene rings is 1. The molecule has 0 unspecified atom stereocenters. The zero-order valence-corrected chi connectivity index (χ0v) is 12.1. The molecule has 2 aromatic rings. The van der Waals surface area contributed by atoms with Crippen molar-refractivity contribution in [1.29, 1.82) is 0 Å². The minimum atomic E-state index is -2.91. The zero-order chi connectivity index (χ0) is 13.9. The average Bonchev–Trinajstić information content (AvgIpc) is 2.80. The van der Waals surface area contributed by atoms with Crippen LogP contribution in [0.1, 0.15) is 12.5 Å². The SMILES string of the molecule is CCN(CCS(C)(=O)=O)Cc1ccc2cn[nH]c2c1. The standard InChI is InChI=1S/C13H19N3O2S/c1-3-16(6-7-19(2,17)18)10-11-4-5-12-9-14-15-13(12)8-11/h4-5,8-9H,3,6-7,10H2,1-2H3,(H,14,15). The Morgan fingerprint density at radius 1 is 1.37 bits per heavy atom. The van der Waals surface area contributed by atoms with E-state index in [1.54, 1.807) is 6.20 Å². The van der Waals surface area contributed by atoms with E-state index < -0.39 is 9.84 Å². The van der Waals surface area contributed by atoms with Crippen LogP contribution in [-0.2, 0) is 16.4 Å². The molecular formula is C13H19N3O2S. The molecule has 104 valence electrons. The molecule has 1 heterocycles. The van der Waals surface area contributed by atoms with Gasteiger partial charge in [0.15, 0.2) is 0 Å². The maximum absolute atomic E-state index is 11.2. The Labute approximate surface area is 113 Å². The van der Waals surface area contributed by atoms with Crippen LogP contribution in [0, 0.1) is 0 Å². The minimum Gasteiger partial charge on any atom is -0.298 e. The fraction of sp³-hybridized carbons (Fsp3) is 0.462. The van der Waals surface area contributed by atoms with Crippen molar-refractivity contribution in [3.8, 4) is 0 Å². The van der Waals surface area contributed by atoms with E-state index in [-0.39, 0.29) is 5.75 Å². The number of aromatic nitrogens is 2. The molecule has 0 aliphatic rings. The molecule has 0 spiro atoms. The van der Waals surface area contributed by atoms with E-state index in [1.165, 1.54) is 6.26 Å². The molecule has 1 aromatic heterocycles. The molecular weight excluding hydrogens is 262 g/mol. The van der Waals surface area contributed by atoms with E-state index in [2.05, 4.69) is 27.2 Å². The summed E-state index contributed by atoms with van der Waals surface area (Å²) in [5, 5.41) is 8.02. The second-order valence-electron chi connectivity index (χ2n) is 4.79. The van der Waals surface area contributed by atoms with Crippen LogP contribution in [0.15, 0.2) is 24.4 Å². The summed E-state index contributed by atoms with van der Waals surface area (Å²) in [5.74, 6) is 0.202. The molecule has 0 bridgehead atoms. The Hall–Kier alpha value is -1.40. The van der Waals surface area contributed by atoms with Crippen LogP contribution in [0.4, 0.5) is 0 Å². The summed E-state index contributed by atoms with van der Waals surface area (Å²) in [6, 6.07) is 6.14. The van der Waals surface area contributed by atoms with Crippen molar-refractivity contribution < 1.29 is 8.42 Å². The van der Waals surface area contributed by atoms with Crippen LogP contribution in [-0.4, -0.2) is 48.6 Å². The maximum Gasteiger partial charge on any atom is 0.148 e. The first-order valence-electron chi connectivity index (χ1n) is 6.30. The highest BCUT2D eigenvalue weighted by molar-refractivity contribution is 7.90. The number of aromatic amines is 1. The van der Waals surface area contributed by atoms with Crippen LogP contribution < -0.4 is 0 Å². The van der Waals surface area contributed by atoms with Gasteiger partial charge in [0.25, 0.3) is 0 Å². The maximum atomic E-state index is 11.2. The van der Waals surface area contributed by atoms with Gasteiger partial charge in [-0.1, -0.05) is 19.1 Å². The molecule has 0 amide bonds. The van der Waals surface area contributed by atoms with E-state index in [0.717, 1.165) is 29.6 Å². The number of fused-ring (bicyclic) bond motifs is 1. The normalized spacial score (nSPS) is 12.4. The smallest absolute Gasteiger partial charge is 0.148 e. The molecule has 0 aliphatic carbocycles. The van der Waals surface area contributed by atoms with E-state index in [1.807, 2.05) is 13.0 Å². The third-order valence-electron chi connectivity index (χ3n) is 3.14. The minimum absolute atomic E-state index is 0.202. The molecule has 0 fully saturated rings. The van der Waals surface area contributed by atoms with E-state index in [4.69, 9.17) is 0 Å². The number of nitrogens with one attached hydrogen (secondary N) is 1. The summed E-state index contributed by atoms with van der Waals surface area (Å²) in [5.41, 5.74) is 2.17. The predicted octanol–water partition coefficient (Wildman–Crippen LogP) is 1.43. The van der Waals surface area contributed by atoms with Crippen molar-refractivity contribution in [2.75, 3.05) is 25.1 Å². The second-order valence-corrected chi connectivity index (χ2v) is 7.05. The Bertz CT molecular complexity index is 649. The first-order chi connectivity index (χ1) is 8.98. The molecule has 1 aromatic carbocycles. The molecule has 6 heteroatoms. The zero-order valence-electron chi connectivity index (χ0n) is 11.3. The van der Waals surface area contributed by atoms with Crippen LogP contribution in [0.25, 0.3) is 10.9 Å². The average molecular weight is 281 g/mol. The van der Waals surface area contributed by atoms with Gasteiger partial charge >= 0.3 is 0 Å². The first kappa shape index (κ1) is 14.0. The van der Waals surface area contributed by atoms with Crippen molar-refractivity contribution in [3.05, 3.63) is 30.0 Å². The molecule has 0 aliphatic heterocycles. The molecule has 2 rings (SSSR count). The van der Waals surface area contributed by atoms with Gasteiger partial charge in [0.2, 0.25) is 0 Å². The molecule has 0 saturated carbocycles. The van der Waals surface area contributed by atoms with Gasteiger partial charge in [-0.25, -0.2) is 8.42 Å². The Balaban J connectivity index is 2.04. The number of sulfone groups is 1. The number of H-pyrrole nitrogens is 1. The number of rotatable bonds is 6. The monoisotopic (exact) mass is 281 g/mol. The van der Waals surface area contributed by atoms with Gasteiger partial charge in [-0.3, -0.25) is 10.00 Å². The van der Waals surface area contributed by atoms with Gasteiger partial charge < -0.3 is 0 Å². The Morgan fingerprint density at radius 3 is 2.84 bits per heavy atom. The lowest BCUT2D eigenvalue weighted by molar-refractivity contribution is 0.297. The lowest BCUT2D eigenvalue weighted by Gasteiger charge is -2.19. The number of nitrogens with zero attached hydrogens (tertiary/aromatic N) is 2. The van der Waals surface area contributed by atoms with Gasteiger partial charge in [0.1, 0.15) is 9.84 Å².